The first-order valence-corrected chi connectivity index (χ1v) is 7.08. The van der Waals surface area contributed by atoms with Crippen LogP contribution in [0.2, 0.25) is 0 Å². The normalized spacial score (nSPS) is 18.6. The summed E-state index contributed by atoms with van der Waals surface area (Å²) >= 11 is 0. The minimum Gasteiger partial charge on any atom is -0.743 e. The Balaban J connectivity index is 8.37. The SMILES string of the molecule is O=S(=O)([O-])C(F)(F)C(F)(C(F)(F)F)C(C(F)(F)F)(C(F)(F)F)C(F)(F)C(F)(F)F. The van der Waals surface area contributed by atoms with Gasteiger partial charge in [-0.15, -0.1) is 0 Å². The van der Waals surface area contributed by atoms with E-state index in [1.807, 2.05) is 0 Å². The van der Waals surface area contributed by atoms with E-state index in [0.717, 1.165) is 0 Å². The Hall–Kier alpha value is -1.28. The van der Waals surface area contributed by atoms with E-state index in [0.29, 0.717) is 0 Å². The van der Waals surface area contributed by atoms with Crippen molar-refractivity contribution in [2.24, 2.45) is 5.41 Å². The van der Waals surface area contributed by atoms with Crippen molar-refractivity contribution in [2.45, 2.75) is 41.6 Å². The molecule has 29 heavy (non-hydrogen) atoms. The molecule has 0 aromatic heterocycles. The Labute approximate surface area is 146 Å². The largest absolute Gasteiger partial charge is 0.743 e. The fourth-order valence-electron chi connectivity index (χ4n) is 2.10. The van der Waals surface area contributed by atoms with Gasteiger partial charge in [-0.3, -0.25) is 0 Å². The van der Waals surface area contributed by atoms with E-state index in [-0.39, 0.29) is 0 Å². The van der Waals surface area contributed by atoms with Crippen molar-refractivity contribution in [3.8, 4) is 0 Å². The predicted octanol–water partition coefficient (Wildman–Crippen LogP) is 4.70. The van der Waals surface area contributed by atoms with Gasteiger partial charge in [-0.05, 0) is 0 Å². The first kappa shape index (κ1) is 27.7. The van der Waals surface area contributed by atoms with Gasteiger partial charge in [0.05, 0.1) is 0 Å². The van der Waals surface area contributed by atoms with E-state index in [4.69, 9.17) is 0 Å². The molecule has 0 spiro atoms. The molecule has 0 aromatic rings. The van der Waals surface area contributed by atoms with Crippen LogP contribution in [-0.4, -0.2) is 54.5 Å². The summed E-state index contributed by atoms with van der Waals surface area (Å²) in [5, 5.41) is -8.70. The molecule has 1 unspecified atom stereocenters. The quantitative estimate of drug-likeness (QED) is 0.417. The van der Waals surface area contributed by atoms with Gasteiger partial charge >= 0.3 is 41.6 Å². The summed E-state index contributed by atoms with van der Waals surface area (Å²) in [4.78, 5) is 0. The second kappa shape index (κ2) is 6.36. The topological polar surface area (TPSA) is 57.2 Å². The lowest BCUT2D eigenvalue weighted by atomic mass is 9.65. The van der Waals surface area contributed by atoms with Crippen LogP contribution >= 0.6 is 0 Å². The maximum Gasteiger partial charge on any atom is 0.454 e. The van der Waals surface area contributed by atoms with Gasteiger partial charge < -0.3 is 4.55 Å². The third-order valence-electron chi connectivity index (χ3n) is 3.30. The average molecular weight is 499 g/mol. The molecule has 0 aromatic carbocycles. The van der Waals surface area contributed by atoms with E-state index in [2.05, 4.69) is 0 Å². The van der Waals surface area contributed by atoms with Gasteiger partial charge in [0.15, 0.2) is 10.1 Å². The Morgan fingerprint density at radius 3 is 0.897 bits per heavy atom. The molecule has 0 fully saturated rings. The van der Waals surface area contributed by atoms with Gasteiger partial charge in [-0.1, -0.05) is 0 Å². The highest BCUT2D eigenvalue weighted by Crippen LogP contribution is 2.74. The van der Waals surface area contributed by atoms with Crippen molar-refractivity contribution < 1.29 is 87.6 Å². The molecular weight excluding hydrogens is 499 g/mol. The van der Waals surface area contributed by atoms with Crippen molar-refractivity contribution in [2.75, 3.05) is 0 Å². The third kappa shape index (κ3) is 3.26. The molecule has 0 amide bonds. The molecule has 0 bridgehead atoms. The molecule has 0 heterocycles. The van der Waals surface area contributed by atoms with Gasteiger partial charge in [0.2, 0.25) is 0 Å². The van der Waals surface area contributed by atoms with Crippen LogP contribution in [0.1, 0.15) is 0 Å². The summed E-state index contributed by atoms with van der Waals surface area (Å²) in [5.74, 6) is -9.14. The lowest BCUT2D eigenvalue weighted by Crippen LogP contribution is -2.82. The van der Waals surface area contributed by atoms with Crippen LogP contribution in [0.5, 0.6) is 0 Å². The van der Waals surface area contributed by atoms with E-state index in [1.54, 1.807) is 0 Å². The molecule has 0 N–H and O–H groups in total. The fourth-order valence-corrected chi connectivity index (χ4v) is 2.72. The molecule has 0 saturated carbocycles. The van der Waals surface area contributed by atoms with Gasteiger partial charge in [0.1, 0.15) is 0 Å². The monoisotopic (exact) mass is 499 g/mol. The highest BCUT2D eigenvalue weighted by Gasteiger charge is 3.04. The zero-order chi connectivity index (χ0) is 24.5. The standard InChI is InChI=1S/C8HF17O3S/c9-2(6(18,19)20,8(24,25)29(26,27)28)1(4(12,13)14,5(15,16)17)3(10,11)7(21,22)23/h(H,26,27,28)/p-1. The van der Waals surface area contributed by atoms with Crippen molar-refractivity contribution in [3.05, 3.63) is 0 Å². The zero-order valence-corrected chi connectivity index (χ0v) is 12.9. The van der Waals surface area contributed by atoms with E-state index in [1.165, 1.54) is 0 Å². The number of alkyl halides is 17. The first-order valence-electron chi connectivity index (χ1n) is 5.67. The Morgan fingerprint density at radius 2 is 0.759 bits per heavy atom. The maximum absolute atomic E-state index is 14.0. The van der Waals surface area contributed by atoms with Crippen LogP contribution in [0, 0.1) is 5.41 Å². The second-order valence-electron chi connectivity index (χ2n) is 4.94. The van der Waals surface area contributed by atoms with Crippen LogP contribution in [0.3, 0.4) is 0 Å². The van der Waals surface area contributed by atoms with Crippen LogP contribution < -0.4 is 0 Å². The highest BCUT2D eigenvalue weighted by molar-refractivity contribution is 7.86. The van der Waals surface area contributed by atoms with Crippen LogP contribution in [0.15, 0.2) is 0 Å². The average Bonchev–Trinajstić information content (AvgIpc) is 2.30. The first-order chi connectivity index (χ1) is 12.0. The van der Waals surface area contributed by atoms with Crippen molar-refractivity contribution in [1.82, 2.24) is 0 Å². The summed E-state index contributed by atoms with van der Waals surface area (Å²) in [6, 6.07) is 0. The Bertz CT molecular complexity index is 708. The van der Waals surface area contributed by atoms with Crippen molar-refractivity contribution in [1.29, 1.82) is 0 Å². The summed E-state index contributed by atoms with van der Waals surface area (Å²) < 4.78 is 249. The molecule has 0 aliphatic heterocycles. The molecule has 0 saturated heterocycles. The second-order valence-corrected chi connectivity index (χ2v) is 6.37. The number of rotatable bonds is 4. The minimum absolute atomic E-state index is 8.48. The van der Waals surface area contributed by atoms with Gasteiger partial charge in [0, 0.05) is 0 Å². The van der Waals surface area contributed by atoms with Crippen molar-refractivity contribution in [3.63, 3.8) is 0 Å². The van der Waals surface area contributed by atoms with Crippen LogP contribution in [-0.2, 0) is 10.1 Å². The van der Waals surface area contributed by atoms with E-state index < -0.39 is 57.1 Å². The molecular formula is C8F17O3S-. The summed E-state index contributed by atoms with van der Waals surface area (Å²) in [6.45, 7) is 0. The number of hydrogen-bond donors (Lipinski definition) is 0. The van der Waals surface area contributed by atoms with Gasteiger partial charge in [0.25, 0.3) is 5.41 Å². The molecule has 21 heteroatoms. The summed E-state index contributed by atoms with van der Waals surface area (Å²) in [7, 11) is -8.73. The highest BCUT2D eigenvalue weighted by atomic mass is 32.2. The Kier molecular flexibility index (Phi) is 6.08. The minimum atomic E-state index is -9.54. The summed E-state index contributed by atoms with van der Waals surface area (Å²) in [6.07, 6.45) is -35.2. The van der Waals surface area contributed by atoms with E-state index in [9.17, 15) is 87.6 Å². The van der Waals surface area contributed by atoms with Crippen molar-refractivity contribution >= 4 is 10.1 Å². The van der Waals surface area contributed by atoms with Gasteiger partial charge in [-0.2, -0.15) is 70.2 Å². The molecule has 0 rings (SSSR count). The zero-order valence-electron chi connectivity index (χ0n) is 12.1. The smallest absolute Gasteiger partial charge is 0.454 e. The van der Waals surface area contributed by atoms with Gasteiger partial charge in [-0.25, -0.2) is 12.8 Å². The van der Waals surface area contributed by atoms with Crippen LogP contribution in [0.4, 0.5) is 74.6 Å². The summed E-state index contributed by atoms with van der Waals surface area (Å²) in [5.41, 5.74) is -19.0. The number of hydrogen-bond acceptors (Lipinski definition) is 3. The molecule has 0 aliphatic carbocycles. The lowest BCUT2D eigenvalue weighted by Gasteiger charge is -2.52. The van der Waals surface area contributed by atoms with Crippen LogP contribution in [0.25, 0.3) is 0 Å². The molecule has 0 aliphatic rings. The molecule has 176 valence electrons. The maximum atomic E-state index is 14.0. The third-order valence-corrected chi connectivity index (χ3v) is 4.21. The van der Waals surface area contributed by atoms with E-state index >= 15 is 0 Å². The lowest BCUT2D eigenvalue weighted by molar-refractivity contribution is -0.510. The number of halogens is 17. The predicted molar refractivity (Wildman–Crippen MR) is 50.1 cm³/mol. The Morgan fingerprint density at radius 1 is 0.483 bits per heavy atom. The molecule has 0 radical (unpaired) electrons. The fraction of sp³-hybridized carbons (Fsp3) is 1.00. The molecule has 1 atom stereocenters. The molecule has 3 nitrogen and oxygen atoms in total.